The molecule has 1 amide bonds. The molecule has 5 heteroatoms. The molecule has 0 radical (unpaired) electrons. The number of amides is 1. The van der Waals surface area contributed by atoms with E-state index in [9.17, 15) is 9.18 Å². The number of benzene rings is 4. The lowest BCUT2D eigenvalue weighted by Gasteiger charge is -2.11. The number of hydrazone groups is 1. The molecule has 1 N–H and O–H groups in total. The van der Waals surface area contributed by atoms with Crippen LogP contribution < -0.4 is 5.43 Å². The number of carbonyl (C=O) groups excluding carboxylic acids is 1. The molecule has 1 heterocycles. The van der Waals surface area contributed by atoms with Gasteiger partial charge in [-0.3, -0.25) is 4.79 Å². The van der Waals surface area contributed by atoms with E-state index in [0.717, 1.165) is 28.7 Å². The summed E-state index contributed by atoms with van der Waals surface area (Å²) < 4.78 is 15.4. The first-order valence-electron chi connectivity index (χ1n) is 10.8. The molecular weight excluding hydrogens is 413 g/mol. The van der Waals surface area contributed by atoms with Crippen LogP contribution in [0.5, 0.6) is 0 Å². The van der Waals surface area contributed by atoms with Gasteiger partial charge in [-0.1, -0.05) is 60.7 Å². The number of halogens is 1. The smallest absolute Gasteiger partial charge is 0.271 e. The minimum absolute atomic E-state index is 0.351. The molecule has 0 fully saturated rings. The van der Waals surface area contributed by atoms with Crippen molar-refractivity contribution in [3.63, 3.8) is 0 Å². The van der Waals surface area contributed by atoms with Crippen molar-refractivity contribution in [2.75, 3.05) is 0 Å². The van der Waals surface area contributed by atoms with Crippen LogP contribution in [0.1, 0.15) is 27.2 Å². The summed E-state index contributed by atoms with van der Waals surface area (Å²) in [7, 11) is 0. The number of nitrogens with zero attached hydrogens (tertiary/aromatic N) is 2. The first-order valence-corrected chi connectivity index (χ1v) is 10.8. The molecule has 0 aliphatic rings. The van der Waals surface area contributed by atoms with Gasteiger partial charge in [-0.15, -0.1) is 0 Å². The maximum atomic E-state index is 13.1. The maximum absolute atomic E-state index is 13.1. The van der Waals surface area contributed by atoms with E-state index in [4.69, 9.17) is 0 Å². The third-order valence-electron chi connectivity index (χ3n) is 5.95. The molecule has 0 bridgehead atoms. The molecule has 0 aliphatic carbocycles. The van der Waals surface area contributed by atoms with Crippen LogP contribution in [0.4, 0.5) is 4.39 Å². The Hall–Kier alpha value is -4.25. The zero-order chi connectivity index (χ0) is 22.8. The second-order valence-electron chi connectivity index (χ2n) is 7.95. The Kier molecular flexibility index (Phi) is 5.45. The molecule has 33 heavy (non-hydrogen) atoms. The number of aromatic nitrogens is 1. The average molecular weight is 436 g/mol. The molecule has 1 aromatic heterocycles. The van der Waals surface area contributed by atoms with Gasteiger partial charge in [-0.05, 0) is 53.6 Å². The van der Waals surface area contributed by atoms with Gasteiger partial charge in [-0.25, -0.2) is 9.82 Å². The van der Waals surface area contributed by atoms with Crippen LogP contribution in [-0.2, 0) is 6.54 Å². The number of carbonyl (C=O) groups is 1. The zero-order valence-electron chi connectivity index (χ0n) is 18.1. The van der Waals surface area contributed by atoms with E-state index < -0.39 is 0 Å². The van der Waals surface area contributed by atoms with Crippen molar-refractivity contribution >= 4 is 33.8 Å². The van der Waals surface area contributed by atoms with Gasteiger partial charge < -0.3 is 4.57 Å². The van der Waals surface area contributed by atoms with Crippen molar-refractivity contribution < 1.29 is 9.18 Å². The normalized spacial score (nSPS) is 11.5. The minimum Gasteiger partial charge on any atom is -0.340 e. The zero-order valence-corrected chi connectivity index (χ0v) is 18.1. The summed E-state index contributed by atoms with van der Waals surface area (Å²) in [5.41, 5.74) is 7.25. The third-order valence-corrected chi connectivity index (χ3v) is 5.95. The summed E-state index contributed by atoms with van der Waals surface area (Å²) in [5, 5.41) is 7.71. The summed E-state index contributed by atoms with van der Waals surface area (Å²) >= 11 is 0. The monoisotopic (exact) mass is 435 g/mol. The molecule has 0 atom stereocenters. The Bertz CT molecular complexity index is 1490. The first-order chi connectivity index (χ1) is 16.1. The second-order valence-corrected chi connectivity index (χ2v) is 7.95. The molecule has 162 valence electrons. The molecule has 0 aliphatic heterocycles. The van der Waals surface area contributed by atoms with Crippen molar-refractivity contribution in [1.29, 1.82) is 0 Å². The predicted molar refractivity (Wildman–Crippen MR) is 131 cm³/mol. The minimum atomic E-state index is -0.386. The summed E-state index contributed by atoms with van der Waals surface area (Å²) in [6.45, 7) is 2.79. The molecular formula is C28H22FN3O. The van der Waals surface area contributed by atoms with Gasteiger partial charge in [-0.2, -0.15) is 5.10 Å². The Morgan fingerprint density at radius 3 is 2.42 bits per heavy atom. The van der Waals surface area contributed by atoms with Crippen LogP contribution in [0.15, 0.2) is 96.1 Å². The molecule has 0 unspecified atom stereocenters. The molecule has 5 aromatic rings. The van der Waals surface area contributed by atoms with Gasteiger partial charge in [0.1, 0.15) is 5.82 Å². The van der Waals surface area contributed by atoms with Crippen molar-refractivity contribution in [1.82, 2.24) is 9.99 Å². The Balaban J connectivity index is 1.48. The summed E-state index contributed by atoms with van der Waals surface area (Å²) in [6.07, 6.45) is 1.68. The number of rotatable bonds is 5. The highest BCUT2D eigenvalue weighted by atomic mass is 19.1. The van der Waals surface area contributed by atoms with Crippen LogP contribution in [0.3, 0.4) is 0 Å². The number of nitrogens with one attached hydrogen (secondary N) is 1. The SMILES string of the molecule is Cc1c(/C=N\NC(=O)c2ccc(F)cc2)c2ccccc2n1Cc1cccc2ccccc12. The highest BCUT2D eigenvalue weighted by Crippen LogP contribution is 2.27. The third kappa shape index (κ3) is 4.01. The van der Waals surface area contributed by atoms with Crippen molar-refractivity contribution in [3.05, 3.63) is 119 Å². The number of fused-ring (bicyclic) bond motifs is 2. The number of para-hydroxylation sites is 1. The van der Waals surface area contributed by atoms with E-state index in [1.165, 1.54) is 40.6 Å². The lowest BCUT2D eigenvalue weighted by molar-refractivity contribution is 0.0955. The van der Waals surface area contributed by atoms with E-state index >= 15 is 0 Å². The topological polar surface area (TPSA) is 46.4 Å². The predicted octanol–water partition coefficient (Wildman–Crippen LogP) is 6.05. The van der Waals surface area contributed by atoms with E-state index in [1.54, 1.807) is 6.21 Å². The van der Waals surface area contributed by atoms with Gasteiger partial charge in [0.25, 0.3) is 5.91 Å². The molecule has 4 aromatic carbocycles. The fourth-order valence-corrected chi connectivity index (χ4v) is 4.25. The van der Waals surface area contributed by atoms with Crippen LogP contribution in [-0.4, -0.2) is 16.7 Å². The van der Waals surface area contributed by atoms with Crippen LogP contribution in [0.25, 0.3) is 21.7 Å². The summed E-state index contributed by atoms with van der Waals surface area (Å²) in [6, 6.07) is 28.3. The van der Waals surface area contributed by atoms with Crippen LogP contribution in [0.2, 0.25) is 0 Å². The lowest BCUT2D eigenvalue weighted by atomic mass is 10.0. The Labute approximate surface area is 191 Å². The van der Waals surface area contributed by atoms with Gasteiger partial charge in [0, 0.05) is 34.3 Å². The summed E-state index contributed by atoms with van der Waals surface area (Å²) in [4.78, 5) is 12.3. The largest absolute Gasteiger partial charge is 0.340 e. The average Bonchev–Trinajstić information content (AvgIpc) is 3.10. The van der Waals surface area contributed by atoms with Gasteiger partial charge in [0.15, 0.2) is 0 Å². The van der Waals surface area contributed by atoms with E-state index in [-0.39, 0.29) is 11.7 Å². The highest BCUT2D eigenvalue weighted by molar-refractivity contribution is 6.02. The van der Waals surface area contributed by atoms with Crippen LogP contribution >= 0.6 is 0 Å². The van der Waals surface area contributed by atoms with Crippen molar-refractivity contribution in [2.24, 2.45) is 5.10 Å². The number of hydrogen-bond acceptors (Lipinski definition) is 2. The summed E-state index contributed by atoms with van der Waals surface area (Å²) in [5.74, 6) is -0.770. The van der Waals surface area contributed by atoms with Crippen molar-refractivity contribution in [2.45, 2.75) is 13.5 Å². The van der Waals surface area contributed by atoms with Crippen LogP contribution in [0, 0.1) is 12.7 Å². The lowest BCUT2D eigenvalue weighted by Crippen LogP contribution is -2.17. The van der Waals surface area contributed by atoms with Gasteiger partial charge in [0.2, 0.25) is 0 Å². The Morgan fingerprint density at radius 2 is 1.61 bits per heavy atom. The van der Waals surface area contributed by atoms with Gasteiger partial charge in [0.05, 0.1) is 6.21 Å². The van der Waals surface area contributed by atoms with E-state index in [0.29, 0.717) is 5.56 Å². The fourth-order valence-electron chi connectivity index (χ4n) is 4.25. The molecule has 0 saturated heterocycles. The fraction of sp³-hybridized carbons (Fsp3) is 0.0714. The molecule has 5 rings (SSSR count). The first kappa shape index (κ1) is 20.6. The van der Waals surface area contributed by atoms with Crippen molar-refractivity contribution in [3.8, 4) is 0 Å². The van der Waals surface area contributed by atoms with Gasteiger partial charge >= 0.3 is 0 Å². The highest BCUT2D eigenvalue weighted by Gasteiger charge is 2.14. The maximum Gasteiger partial charge on any atom is 0.271 e. The second kappa shape index (κ2) is 8.71. The van der Waals surface area contributed by atoms with E-state index in [2.05, 4.69) is 76.6 Å². The molecule has 4 nitrogen and oxygen atoms in total. The number of hydrogen-bond donors (Lipinski definition) is 1. The standard InChI is InChI=1S/C28H22FN3O/c1-19-26(17-30-31-28(33)21-13-15-23(29)16-14-21)25-11-4-5-12-27(25)32(19)18-22-9-6-8-20-7-2-3-10-24(20)22/h2-17H,18H2,1H3,(H,31,33)/b30-17-. The Morgan fingerprint density at radius 1 is 0.909 bits per heavy atom. The molecule has 0 saturated carbocycles. The quantitative estimate of drug-likeness (QED) is 0.265. The van der Waals surface area contributed by atoms with E-state index in [1.807, 2.05) is 12.1 Å². The molecule has 0 spiro atoms.